The molecule has 0 aliphatic carbocycles. The number of hydrogen-bond acceptors (Lipinski definition) is 8. The van der Waals surface area contributed by atoms with E-state index in [2.05, 4.69) is 77.7 Å². The van der Waals surface area contributed by atoms with E-state index in [4.69, 9.17) is 9.99 Å². The first-order valence-corrected chi connectivity index (χ1v) is 10.9. The predicted octanol–water partition coefficient (Wildman–Crippen LogP) is 4.04. The van der Waals surface area contributed by atoms with Gasteiger partial charge in [0.05, 0.1) is 23.8 Å². The van der Waals surface area contributed by atoms with Crippen LogP contribution in [-0.4, -0.2) is 52.4 Å². The zero-order valence-electron chi connectivity index (χ0n) is 17.5. The van der Waals surface area contributed by atoms with Crippen molar-refractivity contribution in [3.05, 3.63) is 48.4 Å². The lowest BCUT2D eigenvalue weighted by Gasteiger charge is -2.13. The van der Waals surface area contributed by atoms with Gasteiger partial charge in [-0.1, -0.05) is 47.6 Å². The first-order chi connectivity index (χ1) is 15.3. The minimum absolute atomic E-state index is 0.0804. The summed E-state index contributed by atoms with van der Waals surface area (Å²) < 4.78 is 7.89. The van der Waals surface area contributed by atoms with Gasteiger partial charge in [0.25, 0.3) is 0 Å². The predicted molar refractivity (Wildman–Crippen MR) is 118 cm³/mol. The van der Waals surface area contributed by atoms with E-state index in [-0.39, 0.29) is 6.61 Å². The number of ether oxygens (including phenoxy) is 1. The Labute approximate surface area is 185 Å². The topological polar surface area (TPSA) is 77.7 Å². The van der Waals surface area contributed by atoms with Crippen molar-refractivity contribution in [3.63, 3.8) is 0 Å². The molecule has 4 rings (SSSR count). The van der Waals surface area contributed by atoms with Gasteiger partial charge in [0.15, 0.2) is 4.96 Å². The van der Waals surface area contributed by atoms with Crippen LogP contribution in [0.3, 0.4) is 0 Å². The van der Waals surface area contributed by atoms with Crippen LogP contribution in [0.5, 0.6) is 0 Å². The fourth-order valence-electron chi connectivity index (χ4n) is 3.17. The van der Waals surface area contributed by atoms with Crippen LogP contribution in [0, 0.1) is 11.8 Å². The Balaban J connectivity index is 0.000000293. The number of imidazole rings is 1. The lowest BCUT2D eigenvalue weighted by atomic mass is 10.2. The number of benzene rings is 1. The number of fused-ring (bicyclic) bond motifs is 1. The molecule has 0 bridgehead atoms. The molecule has 8 nitrogen and oxygen atoms in total. The summed E-state index contributed by atoms with van der Waals surface area (Å²) in [6.07, 6.45) is 6.90. The molecule has 1 N–H and O–H groups in total. The van der Waals surface area contributed by atoms with Crippen LogP contribution in [0.25, 0.3) is 15.4 Å². The van der Waals surface area contributed by atoms with Crippen molar-refractivity contribution in [1.29, 1.82) is 0 Å². The summed E-state index contributed by atoms with van der Waals surface area (Å²) in [5, 5.41) is 14.2. The van der Waals surface area contributed by atoms with Crippen LogP contribution in [-0.2, 0) is 26.3 Å². The van der Waals surface area contributed by atoms with Crippen molar-refractivity contribution >= 4 is 16.3 Å². The fourth-order valence-corrected chi connectivity index (χ4v) is 4.16. The Morgan fingerprint density at radius 2 is 1.97 bits per heavy atom. The summed E-state index contributed by atoms with van der Waals surface area (Å²) in [6, 6.07) is 10.4. The lowest BCUT2D eigenvalue weighted by molar-refractivity contribution is -0.620. The molecule has 166 valence electrons. The largest absolute Gasteiger partial charge is 0.374 e. The average Bonchev–Trinajstić information content (AvgIpc) is 3.52. The molecular formula is C22H27N3O5S. The van der Waals surface area contributed by atoms with Crippen molar-refractivity contribution in [1.82, 2.24) is 14.3 Å². The van der Waals surface area contributed by atoms with Gasteiger partial charge in [-0.05, 0) is 48.5 Å². The van der Waals surface area contributed by atoms with Gasteiger partial charge < -0.3 is 9.64 Å². The number of likely N-dealkylation sites (tertiary alicyclic amines) is 1. The Bertz CT molecular complexity index is 926. The van der Waals surface area contributed by atoms with Gasteiger partial charge >= 0.3 is 0 Å². The Morgan fingerprint density at radius 3 is 2.68 bits per heavy atom. The maximum Gasteiger partial charge on any atom is 0.194 e. The van der Waals surface area contributed by atoms with E-state index in [1.54, 1.807) is 18.3 Å². The Kier molecular flexibility index (Phi) is 9.95. The molecule has 1 aliphatic heterocycles. The number of thiazole rings is 1. The van der Waals surface area contributed by atoms with E-state index in [9.17, 15) is 0 Å². The molecule has 1 saturated heterocycles. The highest BCUT2D eigenvalue weighted by atomic mass is 32.1. The molecular weight excluding hydrogens is 418 g/mol. The van der Waals surface area contributed by atoms with E-state index < -0.39 is 0 Å². The summed E-state index contributed by atoms with van der Waals surface area (Å²) >= 11 is 1.72. The molecule has 3 heterocycles. The molecule has 0 unspecified atom stereocenters. The quantitative estimate of drug-likeness (QED) is 0.231. The normalized spacial score (nSPS) is 13.6. The highest BCUT2D eigenvalue weighted by Crippen LogP contribution is 2.28. The van der Waals surface area contributed by atoms with Crippen LogP contribution in [0.4, 0.5) is 0 Å². The third-order valence-corrected chi connectivity index (χ3v) is 5.70. The van der Waals surface area contributed by atoms with Crippen molar-refractivity contribution < 1.29 is 25.0 Å². The van der Waals surface area contributed by atoms with Gasteiger partial charge in [0.2, 0.25) is 0 Å². The highest BCUT2D eigenvalue weighted by molar-refractivity contribution is 7.20. The standard InChI is InChI=1S/C18H21N3OS.C4H6O4/c1-2-6-15(7-3-1)17-13-21-12-16(19-18(21)23-17)14-22-11-10-20-8-4-5-9-20;1-2-3-4-6-8-7-5/h1-3,6-7,12-13H,4-5,8-11,14H2;5H,4H2,1H3. The second-order valence-electron chi connectivity index (χ2n) is 6.82. The number of hydrogen-bond donors (Lipinski definition) is 1. The molecule has 0 atom stereocenters. The first kappa shape index (κ1) is 23.4. The van der Waals surface area contributed by atoms with E-state index >= 15 is 0 Å². The monoisotopic (exact) mass is 445 g/mol. The first-order valence-electron chi connectivity index (χ1n) is 10.1. The molecule has 3 aromatic rings. The number of rotatable bonds is 9. The molecule has 9 heteroatoms. The van der Waals surface area contributed by atoms with Crippen molar-refractivity contribution in [3.8, 4) is 22.3 Å². The van der Waals surface area contributed by atoms with Crippen molar-refractivity contribution in [2.45, 2.75) is 26.4 Å². The smallest absolute Gasteiger partial charge is 0.194 e. The van der Waals surface area contributed by atoms with Crippen LogP contribution in [0.2, 0.25) is 0 Å². The summed E-state index contributed by atoms with van der Waals surface area (Å²) in [4.78, 5) is 13.5. The zero-order chi connectivity index (χ0) is 21.7. The lowest BCUT2D eigenvalue weighted by Crippen LogP contribution is -2.23. The van der Waals surface area contributed by atoms with Gasteiger partial charge in [0.1, 0.15) is 6.61 Å². The average molecular weight is 446 g/mol. The van der Waals surface area contributed by atoms with Gasteiger partial charge in [-0.25, -0.2) is 10.2 Å². The minimum Gasteiger partial charge on any atom is -0.374 e. The maximum atomic E-state index is 7.47. The Hall–Kier alpha value is -2.29. The van der Waals surface area contributed by atoms with Crippen LogP contribution in [0.1, 0.15) is 25.5 Å². The van der Waals surface area contributed by atoms with Crippen LogP contribution in [0.15, 0.2) is 42.7 Å². The molecule has 1 aromatic carbocycles. The maximum absolute atomic E-state index is 7.47. The SMILES string of the molecule is CC#CCOOOO.c1ccc(-c2cn3cc(COCCN4CCCC4)nc3s2)cc1. The van der Waals surface area contributed by atoms with Crippen molar-refractivity contribution in [2.24, 2.45) is 0 Å². The second-order valence-corrected chi connectivity index (χ2v) is 7.83. The summed E-state index contributed by atoms with van der Waals surface area (Å²) in [7, 11) is 0. The van der Waals surface area contributed by atoms with E-state index in [1.165, 1.54) is 36.4 Å². The van der Waals surface area contributed by atoms with Crippen LogP contribution >= 0.6 is 11.3 Å². The minimum atomic E-state index is 0.0804. The van der Waals surface area contributed by atoms with Gasteiger partial charge in [-0.3, -0.25) is 4.40 Å². The highest BCUT2D eigenvalue weighted by Gasteiger charge is 2.11. The molecule has 0 amide bonds. The molecule has 0 spiro atoms. The van der Waals surface area contributed by atoms with Crippen LogP contribution < -0.4 is 0 Å². The third kappa shape index (κ3) is 7.72. The molecule has 2 aromatic heterocycles. The second kappa shape index (κ2) is 13.2. The molecule has 0 radical (unpaired) electrons. The third-order valence-electron chi connectivity index (χ3n) is 4.65. The molecule has 1 aliphatic rings. The summed E-state index contributed by atoms with van der Waals surface area (Å²) in [6.45, 7) is 6.63. The van der Waals surface area contributed by atoms with Crippen molar-refractivity contribution in [2.75, 3.05) is 32.8 Å². The number of nitrogens with zero attached hydrogens (tertiary/aromatic N) is 3. The van der Waals surface area contributed by atoms with Gasteiger partial charge in [0, 0.05) is 18.9 Å². The van der Waals surface area contributed by atoms with E-state index in [1.807, 2.05) is 6.07 Å². The molecule has 1 fully saturated rings. The zero-order valence-corrected chi connectivity index (χ0v) is 18.3. The molecule has 31 heavy (non-hydrogen) atoms. The van der Waals surface area contributed by atoms with Gasteiger partial charge in [-0.2, -0.15) is 4.89 Å². The van der Waals surface area contributed by atoms with E-state index in [0.29, 0.717) is 6.61 Å². The van der Waals surface area contributed by atoms with E-state index in [0.717, 1.165) is 23.8 Å². The Morgan fingerprint density at radius 1 is 1.16 bits per heavy atom. The fraction of sp³-hybridized carbons (Fsp3) is 0.409. The number of aromatic nitrogens is 2. The summed E-state index contributed by atoms with van der Waals surface area (Å²) in [5.74, 6) is 5.03. The summed E-state index contributed by atoms with van der Waals surface area (Å²) in [5.41, 5.74) is 2.25. The van der Waals surface area contributed by atoms with Gasteiger partial charge in [-0.15, -0.1) is 5.92 Å². The molecule has 0 saturated carbocycles.